The molecule has 3 rings (SSSR count). The Bertz CT molecular complexity index is 951. The first-order chi connectivity index (χ1) is 13.5. The highest BCUT2D eigenvalue weighted by Gasteiger charge is 2.14. The van der Waals surface area contributed by atoms with E-state index in [1.165, 1.54) is 0 Å². The summed E-state index contributed by atoms with van der Waals surface area (Å²) < 4.78 is 16.2. The molecule has 0 unspecified atom stereocenters. The molecule has 0 saturated carbocycles. The molecule has 2 aromatic carbocycles. The lowest BCUT2D eigenvalue weighted by atomic mass is 10.2. The lowest BCUT2D eigenvalue weighted by Gasteiger charge is -2.15. The molecule has 0 bridgehead atoms. The van der Waals surface area contributed by atoms with Crippen LogP contribution in [0.15, 0.2) is 42.5 Å². The van der Waals surface area contributed by atoms with Crippen molar-refractivity contribution in [2.75, 3.05) is 32.0 Å². The average molecular weight is 380 g/mol. The molecule has 0 aliphatic heterocycles. The summed E-state index contributed by atoms with van der Waals surface area (Å²) in [4.78, 5) is 9.04. The van der Waals surface area contributed by atoms with Gasteiger partial charge in [0.05, 0.1) is 21.3 Å². The molecule has 2 N–H and O–H groups in total. The number of anilines is 4. The van der Waals surface area contributed by atoms with Crippen LogP contribution in [0.1, 0.15) is 11.3 Å². The van der Waals surface area contributed by atoms with E-state index in [0.717, 1.165) is 22.6 Å². The number of para-hydroxylation sites is 1. The van der Waals surface area contributed by atoms with E-state index >= 15 is 0 Å². The van der Waals surface area contributed by atoms with E-state index in [1.54, 1.807) is 21.3 Å². The highest BCUT2D eigenvalue weighted by Crippen LogP contribution is 2.40. The van der Waals surface area contributed by atoms with Crippen LogP contribution in [0.5, 0.6) is 17.2 Å². The van der Waals surface area contributed by atoms with Gasteiger partial charge in [0.15, 0.2) is 11.5 Å². The number of ether oxygens (including phenoxy) is 3. The van der Waals surface area contributed by atoms with Gasteiger partial charge in [0, 0.05) is 35.3 Å². The van der Waals surface area contributed by atoms with Gasteiger partial charge in [0.25, 0.3) is 0 Å². The molecule has 146 valence electrons. The van der Waals surface area contributed by atoms with Gasteiger partial charge in [0.1, 0.15) is 5.82 Å². The number of hydrogen-bond acceptors (Lipinski definition) is 7. The topological polar surface area (TPSA) is 77.5 Å². The van der Waals surface area contributed by atoms with Gasteiger partial charge in [-0.05, 0) is 25.5 Å². The van der Waals surface area contributed by atoms with Crippen molar-refractivity contribution >= 4 is 23.1 Å². The molecule has 1 heterocycles. The fourth-order valence-corrected chi connectivity index (χ4v) is 2.82. The molecular weight excluding hydrogens is 356 g/mol. The maximum absolute atomic E-state index is 5.40. The van der Waals surface area contributed by atoms with Crippen molar-refractivity contribution in [3.05, 3.63) is 53.7 Å². The van der Waals surface area contributed by atoms with Crippen molar-refractivity contribution in [2.45, 2.75) is 13.8 Å². The molecule has 7 heteroatoms. The van der Waals surface area contributed by atoms with Gasteiger partial charge in [-0.25, -0.2) is 4.98 Å². The summed E-state index contributed by atoms with van der Waals surface area (Å²) in [6, 6.07) is 13.6. The molecule has 0 amide bonds. The van der Waals surface area contributed by atoms with Crippen molar-refractivity contribution in [1.29, 1.82) is 0 Å². The molecule has 0 aliphatic carbocycles. The first-order valence-electron chi connectivity index (χ1n) is 8.79. The number of nitrogens with one attached hydrogen (secondary N) is 2. The Labute approximate surface area is 164 Å². The number of aryl methyl sites for hydroxylation is 2. The third-order valence-corrected chi connectivity index (χ3v) is 4.18. The van der Waals surface area contributed by atoms with E-state index < -0.39 is 0 Å². The Balaban J connectivity index is 1.91. The normalized spacial score (nSPS) is 10.3. The molecular formula is C21H24N4O3. The second-order valence-corrected chi connectivity index (χ2v) is 6.20. The number of rotatable bonds is 7. The predicted octanol–water partition coefficient (Wildman–Crippen LogP) is 4.61. The highest BCUT2D eigenvalue weighted by atomic mass is 16.5. The van der Waals surface area contributed by atoms with Crippen LogP contribution in [-0.4, -0.2) is 31.3 Å². The van der Waals surface area contributed by atoms with Crippen molar-refractivity contribution in [2.24, 2.45) is 0 Å². The standard InChI is InChI=1S/C21H24N4O3/c1-13-8-6-7-9-16(13)24-19-10-14(2)22-21(25-19)23-15-11-17(26-3)20(28-5)18(12-15)27-4/h6-12H,1-5H3,(H2,22,23,24,25). The van der Waals surface area contributed by atoms with Crippen LogP contribution in [-0.2, 0) is 0 Å². The number of benzene rings is 2. The van der Waals surface area contributed by atoms with E-state index in [2.05, 4.69) is 20.6 Å². The van der Waals surface area contributed by atoms with Gasteiger partial charge in [-0.15, -0.1) is 0 Å². The maximum Gasteiger partial charge on any atom is 0.229 e. The monoisotopic (exact) mass is 380 g/mol. The highest BCUT2D eigenvalue weighted by molar-refractivity contribution is 5.67. The minimum atomic E-state index is 0.463. The van der Waals surface area contributed by atoms with Crippen LogP contribution in [0.25, 0.3) is 0 Å². The number of aromatic nitrogens is 2. The predicted molar refractivity (Wildman–Crippen MR) is 111 cm³/mol. The third-order valence-electron chi connectivity index (χ3n) is 4.18. The third kappa shape index (κ3) is 4.25. The zero-order valence-corrected chi connectivity index (χ0v) is 16.7. The van der Waals surface area contributed by atoms with Crippen LogP contribution < -0.4 is 24.8 Å². The van der Waals surface area contributed by atoms with Gasteiger partial charge < -0.3 is 24.8 Å². The van der Waals surface area contributed by atoms with E-state index in [-0.39, 0.29) is 0 Å². The van der Waals surface area contributed by atoms with Crippen molar-refractivity contribution in [3.63, 3.8) is 0 Å². The van der Waals surface area contributed by atoms with Crippen molar-refractivity contribution < 1.29 is 14.2 Å². The fourth-order valence-electron chi connectivity index (χ4n) is 2.82. The molecule has 0 atom stereocenters. The van der Waals surface area contributed by atoms with Crippen LogP contribution >= 0.6 is 0 Å². The quantitative estimate of drug-likeness (QED) is 0.620. The summed E-state index contributed by atoms with van der Waals surface area (Å²) in [5.41, 5.74) is 3.69. The smallest absolute Gasteiger partial charge is 0.229 e. The lowest BCUT2D eigenvalue weighted by Crippen LogP contribution is -2.04. The van der Waals surface area contributed by atoms with Crippen molar-refractivity contribution in [1.82, 2.24) is 9.97 Å². The summed E-state index contributed by atoms with van der Waals surface area (Å²) in [5, 5.41) is 6.55. The summed E-state index contributed by atoms with van der Waals surface area (Å²) in [5.74, 6) is 2.80. The molecule has 0 spiro atoms. The molecule has 0 aliphatic rings. The maximum atomic E-state index is 5.40. The molecule has 3 aromatic rings. The Morgan fingerprint density at radius 3 is 2.07 bits per heavy atom. The van der Waals surface area contributed by atoms with Crippen LogP contribution in [0.3, 0.4) is 0 Å². The zero-order chi connectivity index (χ0) is 20.1. The first kappa shape index (κ1) is 19.3. The second kappa shape index (κ2) is 8.47. The Kier molecular flexibility index (Phi) is 5.84. The molecule has 1 aromatic heterocycles. The van der Waals surface area contributed by atoms with E-state index in [9.17, 15) is 0 Å². The molecule has 0 radical (unpaired) electrons. The van der Waals surface area contributed by atoms with Crippen LogP contribution in [0.4, 0.5) is 23.1 Å². The Hall–Kier alpha value is -3.48. The van der Waals surface area contributed by atoms with E-state index in [4.69, 9.17) is 14.2 Å². The van der Waals surface area contributed by atoms with Crippen LogP contribution in [0.2, 0.25) is 0 Å². The second-order valence-electron chi connectivity index (χ2n) is 6.20. The van der Waals surface area contributed by atoms with Crippen molar-refractivity contribution in [3.8, 4) is 17.2 Å². The fraction of sp³-hybridized carbons (Fsp3) is 0.238. The number of nitrogens with zero attached hydrogens (tertiary/aromatic N) is 2. The molecule has 28 heavy (non-hydrogen) atoms. The van der Waals surface area contributed by atoms with E-state index in [0.29, 0.717) is 29.0 Å². The van der Waals surface area contributed by atoms with Gasteiger partial charge >= 0.3 is 0 Å². The minimum absolute atomic E-state index is 0.463. The minimum Gasteiger partial charge on any atom is -0.493 e. The summed E-state index contributed by atoms with van der Waals surface area (Å²) in [6.45, 7) is 3.97. The van der Waals surface area contributed by atoms with Gasteiger partial charge in [0.2, 0.25) is 11.7 Å². The summed E-state index contributed by atoms with van der Waals surface area (Å²) in [7, 11) is 4.73. The SMILES string of the molecule is COc1cc(Nc2nc(C)cc(Nc3ccccc3C)n2)cc(OC)c1OC. The van der Waals surface area contributed by atoms with Gasteiger partial charge in [-0.1, -0.05) is 18.2 Å². The number of hydrogen-bond donors (Lipinski definition) is 2. The van der Waals surface area contributed by atoms with Crippen LogP contribution in [0, 0.1) is 13.8 Å². The Morgan fingerprint density at radius 1 is 0.786 bits per heavy atom. The number of methoxy groups -OCH3 is 3. The Morgan fingerprint density at radius 2 is 1.46 bits per heavy atom. The summed E-state index contributed by atoms with van der Waals surface area (Å²) in [6.07, 6.45) is 0. The first-order valence-corrected chi connectivity index (χ1v) is 8.79. The molecule has 7 nitrogen and oxygen atoms in total. The summed E-state index contributed by atoms with van der Waals surface area (Å²) >= 11 is 0. The van der Waals surface area contributed by atoms with E-state index in [1.807, 2.05) is 56.3 Å². The average Bonchev–Trinajstić information content (AvgIpc) is 2.68. The lowest BCUT2D eigenvalue weighted by molar-refractivity contribution is 0.324. The molecule has 0 fully saturated rings. The largest absolute Gasteiger partial charge is 0.493 e. The molecule has 0 saturated heterocycles. The van der Waals surface area contributed by atoms with Gasteiger partial charge in [-0.2, -0.15) is 4.98 Å². The van der Waals surface area contributed by atoms with Gasteiger partial charge in [-0.3, -0.25) is 0 Å². The zero-order valence-electron chi connectivity index (χ0n) is 16.7.